The summed E-state index contributed by atoms with van der Waals surface area (Å²) < 4.78 is 2.40. The summed E-state index contributed by atoms with van der Waals surface area (Å²) in [6.45, 7) is 0. The highest BCUT2D eigenvalue weighted by molar-refractivity contribution is 6.14. The number of nitrogens with zero attached hydrogens (tertiary/aromatic N) is 2. The smallest absolute Gasteiger partial charge is 0.0547 e. The van der Waals surface area contributed by atoms with Gasteiger partial charge in [-0.15, -0.1) is 0 Å². The Balaban J connectivity index is 0.863. The molecule has 0 aliphatic heterocycles. The van der Waals surface area contributed by atoms with Crippen LogP contribution in [-0.2, 0) is 0 Å². The molecule has 0 bridgehead atoms. The lowest BCUT2D eigenvalue weighted by atomic mass is 9.86. The minimum absolute atomic E-state index is 0.203. The molecular formula is C68H48N2. The van der Waals surface area contributed by atoms with Crippen LogP contribution < -0.4 is 4.90 Å². The zero-order valence-corrected chi connectivity index (χ0v) is 38.7. The van der Waals surface area contributed by atoms with Crippen LogP contribution in [0.4, 0.5) is 17.1 Å². The number of fused-ring (bicyclic) bond motifs is 5. The summed E-state index contributed by atoms with van der Waals surface area (Å²) in [4.78, 5) is 2.41. The maximum Gasteiger partial charge on any atom is 0.0547 e. The van der Waals surface area contributed by atoms with Crippen molar-refractivity contribution in [2.45, 2.75) is 12.3 Å². The Morgan fingerprint density at radius 2 is 0.943 bits per heavy atom. The van der Waals surface area contributed by atoms with E-state index in [9.17, 15) is 0 Å². The second-order valence-electron chi connectivity index (χ2n) is 18.4. The average molecular weight is 893 g/mol. The van der Waals surface area contributed by atoms with Crippen LogP contribution in [-0.4, -0.2) is 4.57 Å². The molecule has 0 amide bonds. The largest absolute Gasteiger partial charge is 0.310 e. The highest BCUT2D eigenvalue weighted by atomic mass is 15.1. The van der Waals surface area contributed by atoms with Gasteiger partial charge >= 0.3 is 0 Å². The van der Waals surface area contributed by atoms with Crippen LogP contribution in [0.25, 0.3) is 88.0 Å². The maximum absolute atomic E-state index is 2.49. The number of aromatic nitrogens is 1. The Kier molecular flexibility index (Phi) is 10.4. The highest BCUT2D eigenvalue weighted by Gasteiger charge is 2.21. The normalized spacial score (nSPS) is 13.5. The van der Waals surface area contributed by atoms with Crippen molar-refractivity contribution in [1.82, 2.24) is 4.57 Å². The van der Waals surface area contributed by atoms with E-state index in [-0.39, 0.29) is 5.92 Å². The van der Waals surface area contributed by atoms with Gasteiger partial charge in [-0.1, -0.05) is 206 Å². The highest BCUT2D eigenvalue weighted by Crippen LogP contribution is 2.43. The van der Waals surface area contributed by atoms with Gasteiger partial charge in [0.05, 0.1) is 11.0 Å². The van der Waals surface area contributed by atoms with E-state index in [2.05, 4.69) is 282 Å². The predicted octanol–water partition coefficient (Wildman–Crippen LogP) is 18.7. The van der Waals surface area contributed by atoms with Gasteiger partial charge in [-0.3, -0.25) is 0 Å². The number of rotatable bonds is 9. The van der Waals surface area contributed by atoms with E-state index in [1.54, 1.807) is 0 Å². The monoisotopic (exact) mass is 892 g/mol. The molecule has 1 aliphatic rings. The molecule has 2 heteroatoms. The summed E-state index contributed by atoms with van der Waals surface area (Å²) in [6, 6.07) is 93.1. The lowest BCUT2D eigenvalue weighted by Crippen LogP contribution is -2.11. The molecule has 0 saturated carbocycles. The van der Waals surface area contributed by atoms with Gasteiger partial charge in [0.1, 0.15) is 0 Å². The molecule has 70 heavy (non-hydrogen) atoms. The second kappa shape index (κ2) is 17.6. The van der Waals surface area contributed by atoms with Gasteiger partial charge in [0.2, 0.25) is 0 Å². The lowest BCUT2D eigenvalue weighted by Gasteiger charge is -2.27. The van der Waals surface area contributed by atoms with Crippen LogP contribution in [0, 0.1) is 0 Å². The van der Waals surface area contributed by atoms with E-state index in [0.717, 1.165) is 23.5 Å². The first-order valence-electron chi connectivity index (χ1n) is 24.3. The Morgan fingerprint density at radius 1 is 0.371 bits per heavy atom. The van der Waals surface area contributed by atoms with E-state index < -0.39 is 0 Å². The minimum atomic E-state index is 0.203. The lowest BCUT2D eigenvalue weighted by molar-refractivity contribution is 0.857. The van der Waals surface area contributed by atoms with Crippen LogP contribution in [0.2, 0.25) is 0 Å². The average Bonchev–Trinajstić information content (AvgIpc) is 3.78. The first kappa shape index (κ1) is 41.2. The molecule has 0 fully saturated rings. The Bertz CT molecular complexity index is 3940. The zero-order chi connectivity index (χ0) is 46.4. The van der Waals surface area contributed by atoms with Crippen molar-refractivity contribution in [1.29, 1.82) is 0 Å². The molecule has 2 nitrogen and oxygen atoms in total. The van der Waals surface area contributed by atoms with Crippen molar-refractivity contribution >= 4 is 66.0 Å². The van der Waals surface area contributed by atoms with Gasteiger partial charge in [0.25, 0.3) is 0 Å². The number of benzene rings is 11. The number of allylic oxidation sites excluding steroid dienone is 4. The number of hydrogen-bond donors (Lipinski definition) is 0. The Morgan fingerprint density at radius 3 is 1.73 bits per heavy atom. The molecule has 1 aromatic heterocycles. The number of anilines is 3. The molecule has 12 aromatic rings. The van der Waals surface area contributed by atoms with Gasteiger partial charge in [-0.25, -0.2) is 0 Å². The van der Waals surface area contributed by atoms with Gasteiger partial charge in [0.15, 0.2) is 0 Å². The molecule has 0 N–H and O–H groups in total. The number of para-hydroxylation sites is 2. The molecule has 13 rings (SSSR count). The third kappa shape index (κ3) is 7.48. The molecule has 0 saturated heterocycles. The van der Waals surface area contributed by atoms with Crippen molar-refractivity contribution in [2.75, 3.05) is 4.90 Å². The summed E-state index contributed by atoms with van der Waals surface area (Å²) in [7, 11) is 0. The summed E-state index contributed by atoms with van der Waals surface area (Å²) in [6.07, 6.45) is 8.11. The zero-order valence-electron chi connectivity index (χ0n) is 38.7. The van der Waals surface area contributed by atoms with Crippen molar-refractivity contribution in [3.05, 3.63) is 284 Å². The fourth-order valence-corrected chi connectivity index (χ4v) is 10.8. The minimum Gasteiger partial charge on any atom is -0.310 e. The summed E-state index contributed by atoms with van der Waals surface area (Å²) in [5.41, 5.74) is 18.0. The summed E-state index contributed by atoms with van der Waals surface area (Å²) >= 11 is 0. The first-order valence-corrected chi connectivity index (χ1v) is 24.3. The molecule has 1 atom stereocenters. The molecular weight excluding hydrogens is 845 g/mol. The molecule has 1 aliphatic carbocycles. The summed E-state index contributed by atoms with van der Waals surface area (Å²) in [5, 5.41) is 7.58. The first-order chi connectivity index (χ1) is 34.7. The standard InChI is InChI=1S/C68H48N2/c1-2-21-58(22-3-1)70-66-28-9-8-25-65(66)68-64(27-13-29-67(68)70)57-20-10-18-54(45-57)55-19-11-23-61(46-55)69(60-42-38-50(39-43-60)56-35-32-47-14-4-5-16-53(47)44-56)59-40-36-49(37-41-59)48-30-33-52(34-31-48)63-26-12-17-51-15-6-7-24-62(51)63/h1-17,19-46,54H,18H2. The van der Waals surface area contributed by atoms with Crippen LogP contribution in [0.3, 0.4) is 0 Å². The predicted molar refractivity (Wildman–Crippen MR) is 298 cm³/mol. The summed E-state index contributed by atoms with van der Waals surface area (Å²) in [5.74, 6) is 0.203. The number of hydrogen-bond acceptors (Lipinski definition) is 1. The van der Waals surface area contributed by atoms with Crippen LogP contribution >= 0.6 is 0 Å². The van der Waals surface area contributed by atoms with Gasteiger partial charge in [-0.2, -0.15) is 0 Å². The van der Waals surface area contributed by atoms with Crippen molar-refractivity contribution < 1.29 is 0 Å². The quantitative estimate of drug-likeness (QED) is 0.140. The van der Waals surface area contributed by atoms with E-state index in [1.165, 1.54) is 99.1 Å². The van der Waals surface area contributed by atoms with Gasteiger partial charge in [0, 0.05) is 39.4 Å². The molecule has 330 valence electrons. The van der Waals surface area contributed by atoms with Crippen molar-refractivity contribution in [2.24, 2.45) is 0 Å². The molecule has 0 radical (unpaired) electrons. The Hall–Kier alpha value is -8.98. The van der Waals surface area contributed by atoms with Crippen molar-refractivity contribution in [3.8, 4) is 39.1 Å². The Labute approximate surface area is 409 Å². The fraction of sp³-hybridized carbons (Fsp3) is 0.0294. The third-order valence-corrected chi connectivity index (χ3v) is 14.3. The van der Waals surface area contributed by atoms with E-state index in [4.69, 9.17) is 0 Å². The molecule has 11 aromatic carbocycles. The van der Waals surface area contributed by atoms with E-state index in [1.807, 2.05) is 0 Å². The van der Waals surface area contributed by atoms with Crippen LogP contribution in [0.5, 0.6) is 0 Å². The van der Waals surface area contributed by atoms with Gasteiger partial charge < -0.3 is 9.47 Å². The van der Waals surface area contributed by atoms with Crippen LogP contribution in [0.1, 0.15) is 23.5 Å². The maximum atomic E-state index is 2.49. The van der Waals surface area contributed by atoms with E-state index >= 15 is 0 Å². The fourth-order valence-electron chi connectivity index (χ4n) is 10.8. The second-order valence-corrected chi connectivity index (χ2v) is 18.4. The molecule has 0 spiro atoms. The van der Waals surface area contributed by atoms with Crippen LogP contribution in [0.15, 0.2) is 273 Å². The molecule has 1 heterocycles. The van der Waals surface area contributed by atoms with Crippen molar-refractivity contribution in [3.63, 3.8) is 0 Å². The topological polar surface area (TPSA) is 8.17 Å². The van der Waals surface area contributed by atoms with Gasteiger partial charge in [-0.05, 0) is 145 Å². The molecule has 1 unspecified atom stereocenters. The third-order valence-electron chi connectivity index (χ3n) is 14.3. The SMILES string of the molecule is C1=CC(c2cccc3c2c2ccccc2n3-c2ccccc2)=CC(c2cccc(N(c3ccc(-c4ccc(-c5cccc6ccccc56)cc4)cc3)c3ccc(-c4ccc5ccccc5c4)cc3)c2)C1. The van der Waals surface area contributed by atoms with E-state index in [0.29, 0.717) is 0 Å².